The molecule has 0 saturated carbocycles. The first kappa shape index (κ1) is 13.8. The molecule has 1 heterocycles. The fourth-order valence-corrected chi connectivity index (χ4v) is 2.39. The van der Waals surface area contributed by atoms with Gasteiger partial charge in [-0.1, -0.05) is 6.07 Å². The number of nitrogens with zero attached hydrogens (tertiary/aromatic N) is 1. The van der Waals surface area contributed by atoms with E-state index in [0.717, 1.165) is 15.4 Å². The van der Waals surface area contributed by atoms with E-state index in [1.165, 1.54) is 0 Å². The molecule has 0 bridgehead atoms. The van der Waals surface area contributed by atoms with E-state index in [1.54, 1.807) is 31.4 Å². The van der Waals surface area contributed by atoms with Crippen LogP contribution in [0.5, 0.6) is 11.5 Å². The van der Waals surface area contributed by atoms with Crippen LogP contribution in [0.4, 0.5) is 0 Å². The maximum Gasteiger partial charge on any atom is 0.161 e. The number of hydrogen-bond donors (Lipinski definition) is 1. The van der Waals surface area contributed by atoms with Crippen molar-refractivity contribution in [3.8, 4) is 11.5 Å². The van der Waals surface area contributed by atoms with Gasteiger partial charge in [0, 0.05) is 6.20 Å². The molecule has 1 atom stereocenters. The summed E-state index contributed by atoms with van der Waals surface area (Å²) in [4.78, 5) is 5.25. The number of aromatic nitrogens is 1. The highest BCUT2D eigenvalue weighted by molar-refractivity contribution is 7.11. The maximum atomic E-state index is 9.54. The van der Waals surface area contributed by atoms with E-state index in [9.17, 15) is 5.11 Å². The lowest BCUT2D eigenvalue weighted by molar-refractivity contribution is 0.198. The Hall–Kier alpha value is -1.59. The van der Waals surface area contributed by atoms with Crippen molar-refractivity contribution in [3.63, 3.8) is 0 Å². The second-order valence-corrected chi connectivity index (χ2v) is 5.54. The Morgan fingerprint density at radius 3 is 2.74 bits per heavy atom. The Morgan fingerprint density at radius 2 is 2.16 bits per heavy atom. The topological polar surface area (TPSA) is 51.6 Å². The van der Waals surface area contributed by atoms with Gasteiger partial charge in [-0.25, -0.2) is 4.98 Å². The van der Waals surface area contributed by atoms with Crippen molar-refractivity contribution in [2.45, 2.75) is 26.6 Å². The van der Waals surface area contributed by atoms with Crippen molar-refractivity contribution < 1.29 is 14.6 Å². The number of ether oxygens (including phenoxy) is 2. The van der Waals surface area contributed by atoms with Gasteiger partial charge in [0.2, 0.25) is 0 Å². The molecule has 0 amide bonds. The van der Waals surface area contributed by atoms with E-state index >= 15 is 0 Å². The number of rotatable bonds is 5. The number of thiazole rings is 1. The molecule has 1 N–H and O–H groups in total. The number of aliphatic hydroxyl groups excluding tert-OH is 1. The summed E-state index contributed by atoms with van der Waals surface area (Å²) in [7, 11) is 1.59. The molecule has 2 rings (SSSR count). The van der Waals surface area contributed by atoms with Crippen LogP contribution in [0.25, 0.3) is 0 Å². The smallest absolute Gasteiger partial charge is 0.161 e. The standard InChI is InChI=1S/C14H17NO3S/c1-9(16)11-4-5-13(14(6-11)17-3)18-8-12-7-15-10(2)19-12/h4-7,9,16H,8H2,1-3H3/t9-/m0/s1. The lowest BCUT2D eigenvalue weighted by Gasteiger charge is -2.12. The van der Waals surface area contributed by atoms with Crippen LogP contribution in [-0.2, 0) is 6.61 Å². The Labute approximate surface area is 116 Å². The highest BCUT2D eigenvalue weighted by Gasteiger charge is 2.09. The number of aryl methyl sites for hydroxylation is 1. The maximum absolute atomic E-state index is 9.54. The Bertz CT molecular complexity index is 551. The normalized spacial score (nSPS) is 12.2. The zero-order chi connectivity index (χ0) is 13.8. The van der Waals surface area contributed by atoms with E-state index in [1.807, 2.05) is 25.3 Å². The van der Waals surface area contributed by atoms with Gasteiger partial charge in [-0.05, 0) is 31.5 Å². The lowest BCUT2D eigenvalue weighted by Crippen LogP contribution is -1.98. The Kier molecular flexibility index (Phi) is 4.39. The molecule has 4 nitrogen and oxygen atoms in total. The second-order valence-electron chi connectivity index (χ2n) is 4.22. The molecule has 0 aliphatic heterocycles. The summed E-state index contributed by atoms with van der Waals surface area (Å²) < 4.78 is 11.0. The van der Waals surface area contributed by atoms with E-state index in [0.29, 0.717) is 18.1 Å². The van der Waals surface area contributed by atoms with Crippen molar-refractivity contribution in [2.75, 3.05) is 7.11 Å². The summed E-state index contributed by atoms with van der Waals surface area (Å²) in [6.45, 7) is 4.15. The second kappa shape index (κ2) is 6.04. The number of aliphatic hydroxyl groups is 1. The summed E-state index contributed by atoms with van der Waals surface area (Å²) in [6.07, 6.45) is 1.29. The number of hydrogen-bond acceptors (Lipinski definition) is 5. The van der Waals surface area contributed by atoms with Gasteiger partial charge in [-0.3, -0.25) is 0 Å². The highest BCUT2D eigenvalue weighted by Crippen LogP contribution is 2.31. The lowest BCUT2D eigenvalue weighted by atomic mass is 10.1. The monoisotopic (exact) mass is 279 g/mol. The molecule has 0 unspecified atom stereocenters. The Balaban J connectivity index is 2.11. The fourth-order valence-electron chi connectivity index (χ4n) is 1.68. The molecule has 1 aromatic carbocycles. The summed E-state index contributed by atoms with van der Waals surface area (Å²) in [5.41, 5.74) is 0.804. The SMILES string of the molecule is COc1cc([C@H](C)O)ccc1OCc1cnc(C)s1. The molecule has 102 valence electrons. The predicted octanol–water partition coefficient (Wildman–Crippen LogP) is 3.09. The van der Waals surface area contributed by atoms with Crippen molar-refractivity contribution in [2.24, 2.45) is 0 Å². The minimum absolute atomic E-state index is 0.468. The fraction of sp³-hybridized carbons (Fsp3) is 0.357. The Morgan fingerprint density at radius 1 is 1.37 bits per heavy atom. The van der Waals surface area contributed by atoms with Gasteiger partial charge in [0.1, 0.15) is 6.61 Å². The van der Waals surface area contributed by atoms with Gasteiger partial charge >= 0.3 is 0 Å². The van der Waals surface area contributed by atoms with Crippen molar-refractivity contribution in [1.29, 1.82) is 0 Å². The third-order valence-electron chi connectivity index (χ3n) is 2.71. The van der Waals surface area contributed by atoms with Crippen LogP contribution >= 0.6 is 11.3 Å². The predicted molar refractivity (Wildman–Crippen MR) is 74.8 cm³/mol. The van der Waals surface area contributed by atoms with E-state index in [4.69, 9.17) is 9.47 Å². The van der Waals surface area contributed by atoms with Gasteiger partial charge in [0.05, 0.1) is 23.1 Å². The third kappa shape index (κ3) is 3.45. The molecule has 0 fully saturated rings. The van der Waals surface area contributed by atoms with Crippen molar-refractivity contribution in [1.82, 2.24) is 4.98 Å². The molecule has 0 aliphatic rings. The van der Waals surface area contributed by atoms with Crippen LogP contribution in [0.3, 0.4) is 0 Å². The number of methoxy groups -OCH3 is 1. The first-order valence-corrected chi connectivity index (χ1v) is 6.82. The van der Waals surface area contributed by atoms with Gasteiger partial charge in [0.25, 0.3) is 0 Å². The van der Waals surface area contributed by atoms with Gasteiger partial charge in [0.15, 0.2) is 11.5 Å². The van der Waals surface area contributed by atoms with E-state index in [-0.39, 0.29) is 0 Å². The van der Waals surface area contributed by atoms with Crippen LogP contribution in [0.1, 0.15) is 28.5 Å². The minimum Gasteiger partial charge on any atom is -0.493 e. The van der Waals surface area contributed by atoms with Gasteiger partial charge in [-0.15, -0.1) is 11.3 Å². The van der Waals surface area contributed by atoms with Gasteiger partial charge in [-0.2, -0.15) is 0 Å². The summed E-state index contributed by atoms with van der Waals surface area (Å²) >= 11 is 1.61. The van der Waals surface area contributed by atoms with E-state index in [2.05, 4.69) is 4.98 Å². The van der Waals surface area contributed by atoms with Crippen LogP contribution in [0.2, 0.25) is 0 Å². The summed E-state index contributed by atoms with van der Waals surface area (Å²) in [6, 6.07) is 5.44. The largest absolute Gasteiger partial charge is 0.493 e. The average molecular weight is 279 g/mol. The molecule has 1 aromatic heterocycles. The quantitative estimate of drug-likeness (QED) is 0.913. The number of benzene rings is 1. The first-order valence-electron chi connectivity index (χ1n) is 6.00. The zero-order valence-corrected chi connectivity index (χ0v) is 12.0. The average Bonchev–Trinajstić information content (AvgIpc) is 2.81. The third-order valence-corrected chi connectivity index (χ3v) is 3.60. The zero-order valence-electron chi connectivity index (χ0n) is 11.2. The molecular formula is C14H17NO3S. The van der Waals surface area contributed by atoms with E-state index < -0.39 is 6.10 Å². The molecular weight excluding hydrogens is 262 g/mol. The molecule has 5 heteroatoms. The highest BCUT2D eigenvalue weighted by atomic mass is 32.1. The molecule has 0 spiro atoms. The first-order chi connectivity index (χ1) is 9.10. The van der Waals surface area contributed by atoms with Crippen LogP contribution in [-0.4, -0.2) is 17.2 Å². The molecule has 0 aliphatic carbocycles. The summed E-state index contributed by atoms with van der Waals surface area (Å²) in [5.74, 6) is 1.29. The molecule has 2 aromatic rings. The molecule has 19 heavy (non-hydrogen) atoms. The van der Waals surface area contributed by atoms with Gasteiger partial charge < -0.3 is 14.6 Å². The summed E-state index contributed by atoms with van der Waals surface area (Å²) in [5, 5.41) is 10.6. The minimum atomic E-state index is -0.521. The van der Waals surface area contributed by atoms with Crippen LogP contribution < -0.4 is 9.47 Å². The molecule has 0 saturated heterocycles. The van der Waals surface area contributed by atoms with Crippen molar-refractivity contribution in [3.05, 3.63) is 39.8 Å². The molecule has 0 radical (unpaired) electrons. The van der Waals surface area contributed by atoms with Crippen molar-refractivity contribution >= 4 is 11.3 Å². The van der Waals surface area contributed by atoms with Crippen LogP contribution in [0.15, 0.2) is 24.4 Å². The van der Waals surface area contributed by atoms with Crippen LogP contribution in [0, 0.1) is 6.92 Å².